The zero-order chi connectivity index (χ0) is 24.9. The molecule has 0 aliphatic carbocycles. The fourth-order valence-corrected chi connectivity index (χ4v) is 4.64. The SMILES string of the molecule is COc1ccc(-c2ccc3cc(O)ccc3c2Oc2ccc(NC(=O)CN3CCCCC3)cc2)cc1. The molecule has 1 heterocycles. The van der Waals surface area contributed by atoms with Crippen LogP contribution < -0.4 is 14.8 Å². The Hall–Kier alpha value is -4.03. The second-order valence-corrected chi connectivity index (χ2v) is 9.09. The zero-order valence-electron chi connectivity index (χ0n) is 20.4. The first-order chi connectivity index (χ1) is 17.6. The molecule has 5 rings (SSSR count). The molecule has 36 heavy (non-hydrogen) atoms. The van der Waals surface area contributed by atoms with Crippen LogP contribution in [0, 0.1) is 0 Å². The van der Waals surface area contributed by atoms with Crippen molar-refractivity contribution in [2.45, 2.75) is 19.3 Å². The van der Waals surface area contributed by atoms with Gasteiger partial charge in [0, 0.05) is 16.6 Å². The minimum atomic E-state index is 0.00113. The Morgan fingerprint density at radius 2 is 1.61 bits per heavy atom. The van der Waals surface area contributed by atoms with E-state index in [1.165, 1.54) is 6.42 Å². The van der Waals surface area contributed by atoms with E-state index in [2.05, 4.69) is 10.2 Å². The Bertz CT molecular complexity index is 1340. The van der Waals surface area contributed by atoms with E-state index in [1.807, 2.05) is 66.7 Å². The molecule has 0 bridgehead atoms. The summed E-state index contributed by atoms with van der Waals surface area (Å²) in [7, 11) is 1.64. The summed E-state index contributed by atoms with van der Waals surface area (Å²) >= 11 is 0. The molecule has 2 N–H and O–H groups in total. The number of methoxy groups -OCH3 is 1. The number of hydrogen-bond acceptors (Lipinski definition) is 5. The first kappa shape index (κ1) is 23.7. The van der Waals surface area contributed by atoms with Crippen LogP contribution in [0.5, 0.6) is 23.0 Å². The molecule has 184 valence electrons. The van der Waals surface area contributed by atoms with Gasteiger partial charge in [-0.2, -0.15) is 0 Å². The van der Waals surface area contributed by atoms with E-state index in [9.17, 15) is 9.90 Å². The molecule has 0 aromatic heterocycles. The van der Waals surface area contributed by atoms with E-state index < -0.39 is 0 Å². The molecule has 4 aromatic carbocycles. The van der Waals surface area contributed by atoms with Gasteiger partial charge in [0.2, 0.25) is 5.91 Å². The molecular formula is C30H30N2O4. The minimum Gasteiger partial charge on any atom is -0.508 e. The quantitative estimate of drug-likeness (QED) is 0.317. The third kappa shape index (κ3) is 5.44. The van der Waals surface area contributed by atoms with Gasteiger partial charge in [-0.3, -0.25) is 9.69 Å². The number of phenolic OH excluding ortho intramolecular Hbond substituents is 1. The molecule has 0 unspecified atom stereocenters. The number of nitrogens with zero attached hydrogens (tertiary/aromatic N) is 1. The smallest absolute Gasteiger partial charge is 0.238 e. The van der Waals surface area contributed by atoms with E-state index in [0.717, 1.165) is 59.3 Å². The monoisotopic (exact) mass is 482 g/mol. The molecule has 0 atom stereocenters. The molecule has 4 aromatic rings. The summed E-state index contributed by atoms with van der Waals surface area (Å²) in [6.07, 6.45) is 3.56. The average Bonchev–Trinajstić information content (AvgIpc) is 2.90. The lowest BCUT2D eigenvalue weighted by atomic mass is 9.99. The number of hydrogen-bond donors (Lipinski definition) is 2. The van der Waals surface area contributed by atoms with Gasteiger partial charge in [0.25, 0.3) is 0 Å². The normalized spacial score (nSPS) is 13.9. The maximum atomic E-state index is 12.5. The summed E-state index contributed by atoms with van der Waals surface area (Å²) in [4.78, 5) is 14.7. The minimum absolute atomic E-state index is 0.00113. The first-order valence-electron chi connectivity index (χ1n) is 12.3. The number of aromatic hydroxyl groups is 1. The van der Waals surface area contributed by atoms with Crippen LogP contribution in [0.3, 0.4) is 0 Å². The Morgan fingerprint density at radius 1 is 0.889 bits per heavy atom. The fourth-order valence-electron chi connectivity index (χ4n) is 4.64. The highest BCUT2D eigenvalue weighted by atomic mass is 16.5. The van der Waals surface area contributed by atoms with Crippen LogP contribution in [0.4, 0.5) is 5.69 Å². The van der Waals surface area contributed by atoms with E-state index in [1.54, 1.807) is 19.2 Å². The first-order valence-corrected chi connectivity index (χ1v) is 12.3. The summed E-state index contributed by atoms with van der Waals surface area (Å²) in [5.74, 6) is 2.33. The Balaban J connectivity index is 1.39. The summed E-state index contributed by atoms with van der Waals surface area (Å²) in [5.41, 5.74) is 2.65. The van der Waals surface area contributed by atoms with Crippen molar-refractivity contribution in [3.05, 3.63) is 78.9 Å². The largest absolute Gasteiger partial charge is 0.508 e. The molecule has 0 saturated carbocycles. The lowest BCUT2D eigenvalue weighted by Gasteiger charge is -2.25. The lowest BCUT2D eigenvalue weighted by molar-refractivity contribution is -0.117. The number of nitrogens with one attached hydrogen (secondary N) is 1. The highest BCUT2D eigenvalue weighted by Gasteiger charge is 2.15. The van der Waals surface area contributed by atoms with Gasteiger partial charge in [-0.05, 0) is 97.5 Å². The summed E-state index contributed by atoms with van der Waals surface area (Å²) in [6.45, 7) is 2.39. The maximum absolute atomic E-state index is 12.5. The van der Waals surface area contributed by atoms with Crippen LogP contribution in [-0.4, -0.2) is 42.7 Å². The van der Waals surface area contributed by atoms with Crippen molar-refractivity contribution in [2.24, 2.45) is 0 Å². The summed E-state index contributed by atoms with van der Waals surface area (Å²) in [5, 5.41) is 14.7. The van der Waals surface area contributed by atoms with Crippen molar-refractivity contribution in [1.82, 2.24) is 4.90 Å². The molecule has 6 nitrogen and oxygen atoms in total. The van der Waals surface area contributed by atoms with Crippen LogP contribution in [-0.2, 0) is 4.79 Å². The number of ether oxygens (including phenoxy) is 2. The van der Waals surface area contributed by atoms with Gasteiger partial charge in [0.15, 0.2) is 0 Å². The number of carbonyl (C=O) groups is 1. The number of phenols is 1. The van der Waals surface area contributed by atoms with Crippen molar-refractivity contribution in [1.29, 1.82) is 0 Å². The molecule has 1 aliphatic rings. The van der Waals surface area contributed by atoms with Crippen molar-refractivity contribution in [3.63, 3.8) is 0 Å². The molecule has 1 amide bonds. The number of rotatable bonds is 7. The van der Waals surface area contributed by atoms with Crippen LogP contribution in [0.15, 0.2) is 78.9 Å². The van der Waals surface area contributed by atoms with E-state index in [0.29, 0.717) is 18.0 Å². The summed E-state index contributed by atoms with van der Waals surface area (Å²) < 4.78 is 11.7. The average molecular weight is 483 g/mol. The zero-order valence-corrected chi connectivity index (χ0v) is 20.4. The van der Waals surface area contributed by atoms with Gasteiger partial charge in [-0.15, -0.1) is 0 Å². The van der Waals surface area contributed by atoms with Crippen LogP contribution in [0.25, 0.3) is 21.9 Å². The van der Waals surface area contributed by atoms with Crippen molar-refractivity contribution >= 4 is 22.4 Å². The number of likely N-dealkylation sites (tertiary alicyclic amines) is 1. The third-order valence-corrected chi connectivity index (χ3v) is 6.53. The van der Waals surface area contributed by atoms with Gasteiger partial charge in [0.1, 0.15) is 23.0 Å². The van der Waals surface area contributed by atoms with Gasteiger partial charge in [0.05, 0.1) is 13.7 Å². The Kier molecular flexibility index (Phi) is 7.05. The van der Waals surface area contributed by atoms with Crippen LogP contribution in [0.1, 0.15) is 19.3 Å². The topological polar surface area (TPSA) is 71.0 Å². The number of fused-ring (bicyclic) bond motifs is 1. The highest BCUT2D eigenvalue weighted by molar-refractivity contribution is 5.96. The second-order valence-electron chi connectivity index (χ2n) is 9.09. The molecule has 1 saturated heterocycles. The Morgan fingerprint density at radius 3 is 2.33 bits per heavy atom. The number of anilines is 1. The molecule has 0 spiro atoms. The van der Waals surface area contributed by atoms with Crippen molar-refractivity contribution in [2.75, 3.05) is 32.1 Å². The molecule has 1 aliphatic heterocycles. The number of piperidine rings is 1. The highest BCUT2D eigenvalue weighted by Crippen LogP contribution is 2.41. The van der Waals surface area contributed by atoms with Gasteiger partial charge in [-0.1, -0.05) is 24.6 Å². The number of carbonyl (C=O) groups excluding carboxylic acids is 1. The van der Waals surface area contributed by atoms with E-state index in [4.69, 9.17) is 9.47 Å². The number of benzene rings is 4. The van der Waals surface area contributed by atoms with Crippen LogP contribution >= 0.6 is 0 Å². The number of amides is 1. The molecular weight excluding hydrogens is 452 g/mol. The Labute approximate surface area is 211 Å². The predicted molar refractivity (Wildman–Crippen MR) is 143 cm³/mol. The molecule has 6 heteroatoms. The van der Waals surface area contributed by atoms with Gasteiger partial charge in [-0.25, -0.2) is 0 Å². The van der Waals surface area contributed by atoms with Gasteiger partial charge < -0.3 is 19.9 Å². The molecule has 1 fully saturated rings. The summed E-state index contributed by atoms with van der Waals surface area (Å²) in [6, 6.07) is 24.5. The predicted octanol–water partition coefficient (Wildman–Crippen LogP) is 6.44. The maximum Gasteiger partial charge on any atom is 0.238 e. The van der Waals surface area contributed by atoms with Crippen LogP contribution in [0.2, 0.25) is 0 Å². The van der Waals surface area contributed by atoms with Crippen molar-refractivity contribution < 1.29 is 19.4 Å². The fraction of sp³-hybridized carbons (Fsp3) is 0.233. The van der Waals surface area contributed by atoms with E-state index in [-0.39, 0.29) is 11.7 Å². The van der Waals surface area contributed by atoms with Gasteiger partial charge >= 0.3 is 0 Å². The second kappa shape index (κ2) is 10.7. The third-order valence-electron chi connectivity index (χ3n) is 6.53. The lowest BCUT2D eigenvalue weighted by Crippen LogP contribution is -2.36. The standard InChI is InChI=1S/C30H30N2O4/c1-35-25-11-5-21(6-12-25)27-15-7-22-19-24(33)10-16-28(22)30(27)36-26-13-8-23(9-14-26)31-29(34)20-32-17-3-2-4-18-32/h5-16,19,33H,2-4,17-18,20H2,1H3,(H,31,34). The molecule has 0 radical (unpaired) electrons. The van der Waals surface area contributed by atoms with E-state index >= 15 is 0 Å². The van der Waals surface area contributed by atoms with Crippen molar-refractivity contribution in [3.8, 4) is 34.1 Å².